The van der Waals surface area contributed by atoms with E-state index in [9.17, 15) is 0 Å². The van der Waals surface area contributed by atoms with Gasteiger partial charge in [-0.1, -0.05) is 115 Å². The topological polar surface area (TPSA) is 0 Å². The van der Waals surface area contributed by atoms with Crippen molar-refractivity contribution in [2.75, 3.05) is 0 Å². The summed E-state index contributed by atoms with van der Waals surface area (Å²) < 4.78 is 0. The average molecular weight is 251 g/mol. The van der Waals surface area contributed by atoms with Crippen LogP contribution >= 0.6 is 0 Å². The Bertz CT molecular complexity index is 19.2. The van der Waals surface area contributed by atoms with E-state index in [1.54, 1.807) is 0 Å². The SMILES string of the molecule is CC.CC.CC.CC.CCCC.CCCCC. The first kappa shape index (κ1) is 36.0. The first-order chi connectivity index (χ1) is 8.33. The lowest BCUT2D eigenvalue weighted by Crippen LogP contribution is -1.59. The van der Waals surface area contributed by atoms with Crippen LogP contribution in [0.4, 0.5) is 0 Å². The second kappa shape index (κ2) is 144. The zero-order valence-corrected chi connectivity index (χ0v) is 15.5. The van der Waals surface area contributed by atoms with Crippen molar-refractivity contribution in [2.24, 2.45) is 0 Å². The Morgan fingerprint density at radius 1 is 0.353 bits per heavy atom. The Labute approximate surface area is 116 Å². The molecule has 0 heterocycles. The molecule has 0 aromatic heterocycles. The normalized spacial score (nSPS) is 5.65. The van der Waals surface area contributed by atoms with Crippen LogP contribution in [0.15, 0.2) is 0 Å². The third-order valence-corrected chi connectivity index (χ3v) is 1.21. The van der Waals surface area contributed by atoms with Crippen LogP contribution in [0.2, 0.25) is 0 Å². The molecule has 0 aliphatic heterocycles. The van der Waals surface area contributed by atoms with Gasteiger partial charge in [-0.25, -0.2) is 0 Å². The van der Waals surface area contributed by atoms with E-state index >= 15 is 0 Å². The van der Waals surface area contributed by atoms with Crippen LogP contribution < -0.4 is 0 Å². The maximum Gasteiger partial charge on any atom is -0.0538 e. The van der Waals surface area contributed by atoms with Gasteiger partial charge < -0.3 is 0 Å². The number of hydrogen-bond donors (Lipinski definition) is 0. The van der Waals surface area contributed by atoms with Gasteiger partial charge in [0.2, 0.25) is 0 Å². The van der Waals surface area contributed by atoms with E-state index in [2.05, 4.69) is 27.7 Å². The smallest absolute Gasteiger partial charge is 0.0538 e. The predicted molar refractivity (Wildman–Crippen MR) is 91.2 cm³/mol. The van der Waals surface area contributed by atoms with Crippen LogP contribution in [0.1, 0.15) is 115 Å². The predicted octanol–water partition coefficient (Wildman–Crippen LogP) is 8.11. The first-order valence-corrected chi connectivity index (χ1v) is 8.33. The van der Waals surface area contributed by atoms with Gasteiger partial charge in [-0.15, -0.1) is 0 Å². The van der Waals surface area contributed by atoms with Crippen molar-refractivity contribution in [3.63, 3.8) is 0 Å². The van der Waals surface area contributed by atoms with Crippen LogP contribution in [0, 0.1) is 0 Å². The van der Waals surface area contributed by atoms with Crippen LogP contribution in [0.3, 0.4) is 0 Å². The molecule has 0 atom stereocenters. The third-order valence-electron chi connectivity index (χ3n) is 1.21. The van der Waals surface area contributed by atoms with Crippen molar-refractivity contribution >= 4 is 0 Å². The van der Waals surface area contributed by atoms with Gasteiger partial charge in [0, 0.05) is 0 Å². The van der Waals surface area contributed by atoms with Crippen molar-refractivity contribution in [1.29, 1.82) is 0 Å². The fourth-order valence-electron chi connectivity index (χ4n) is 0.354. The Kier molecular flexibility index (Phi) is 305. The molecule has 0 spiro atoms. The molecule has 0 bridgehead atoms. The summed E-state index contributed by atoms with van der Waals surface area (Å²) in [6.07, 6.45) is 6.72. The molecule has 0 aromatic carbocycles. The molecule has 0 unspecified atom stereocenters. The van der Waals surface area contributed by atoms with Crippen LogP contribution in [-0.2, 0) is 0 Å². The largest absolute Gasteiger partial charge is 0.0683 e. The van der Waals surface area contributed by atoms with Crippen molar-refractivity contribution in [3.05, 3.63) is 0 Å². The monoisotopic (exact) mass is 250 g/mol. The molecule has 0 heteroatoms. The average Bonchev–Trinajstić information content (AvgIpc) is 2.48. The fraction of sp³-hybridized carbons (Fsp3) is 1.00. The zero-order valence-electron chi connectivity index (χ0n) is 15.5. The summed E-state index contributed by atoms with van der Waals surface area (Å²) in [5.41, 5.74) is 0. The van der Waals surface area contributed by atoms with E-state index in [0.717, 1.165) is 0 Å². The van der Waals surface area contributed by atoms with E-state index in [0.29, 0.717) is 0 Å². The Balaban J connectivity index is -0.0000000228. The molecule has 0 aromatic rings. The highest BCUT2D eigenvalue weighted by Gasteiger charge is 1.68. The molecule has 0 saturated heterocycles. The maximum absolute atomic E-state index is 2.21. The molecular weight excluding hydrogens is 204 g/mol. The van der Waals surface area contributed by atoms with Crippen LogP contribution in [0.5, 0.6) is 0 Å². The lowest BCUT2D eigenvalue weighted by molar-refractivity contribution is 0.772. The van der Waals surface area contributed by atoms with Crippen LogP contribution in [-0.4, -0.2) is 0 Å². The number of hydrogen-bond acceptors (Lipinski definition) is 0. The second-order valence-electron chi connectivity index (χ2n) is 2.35. The summed E-state index contributed by atoms with van der Waals surface area (Å²) in [7, 11) is 0. The van der Waals surface area contributed by atoms with Gasteiger partial charge in [-0.05, 0) is 0 Å². The van der Waals surface area contributed by atoms with Gasteiger partial charge in [0.15, 0.2) is 0 Å². The van der Waals surface area contributed by atoms with Crippen molar-refractivity contribution in [2.45, 2.75) is 115 Å². The molecule has 0 amide bonds. The highest BCUT2D eigenvalue weighted by molar-refractivity contribution is 4.24. The third kappa shape index (κ3) is 348. The highest BCUT2D eigenvalue weighted by atomic mass is 13.7. The lowest BCUT2D eigenvalue weighted by Gasteiger charge is -1.79. The molecule has 0 fully saturated rings. The molecule has 0 rings (SSSR count). The molecule has 0 saturated carbocycles. The van der Waals surface area contributed by atoms with Gasteiger partial charge in [0.05, 0.1) is 0 Å². The van der Waals surface area contributed by atoms with Gasteiger partial charge >= 0.3 is 0 Å². The Morgan fingerprint density at radius 2 is 0.529 bits per heavy atom. The molecule has 0 nitrogen and oxygen atoms in total. The minimum Gasteiger partial charge on any atom is -0.0683 e. The maximum atomic E-state index is 2.21. The van der Waals surface area contributed by atoms with E-state index in [-0.39, 0.29) is 0 Å². The molecule has 0 aliphatic carbocycles. The van der Waals surface area contributed by atoms with Crippen molar-refractivity contribution in [3.8, 4) is 0 Å². The molecule has 0 radical (unpaired) electrons. The van der Waals surface area contributed by atoms with Crippen molar-refractivity contribution in [1.82, 2.24) is 0 Å². The van der Waals surface area contributed by atoms with E-state index in [4.69, 9.17) is 0 Å². The summed E-state index contributed by atoms with van der Waals surface area (Å²) in [6, 6.07) is 0. The zero-order chi connectivity index (χ0) is 15.5. The summed E-state index contributed by atoms with van der Waals surface area (Å²) in [5.74, 6) is 0. The van der Waals surface area contributed by atoms with E-state index in [1.807, 2.05) is 55.4 Å². The summed E-state index contributed by atoms with van der Waals surface area (Å²) in [5, 5.41) is 0. The minimum absolute atomic E-state index is 1.32. The standard InChI is InChI=1S/C5H12.C4H10.4C2H6/c1-3-5-4-2;1-3-4-2;4*1-2/h3-5H2,1-2H3;3-4H2,1-2H3;4*1-2H3. The van der Waals surface area contributed by atoms with Crippen LogP contribution in [0.25, 0.3) is 0 Å². The Morgan fingerprint density at radius 3 is 0.529 bits per heavy atom. The highest BCUT2D eigenvalue weighted by Crippen LogP contribution is 1.88. The van der Waals surface area contributed by atoms with E-state index in [1.165, 1.54) is 32.1 Å². The lowest BCUT2D eigenvalue weighted by atomic mass is 10.3. The van der Waals surface area contributed by atoms with Crippen molar-refractivity contribution < 1.29 is 0 Å². The van der Waals surface area contributed by atoms with Gasteiger partial charge in [-0.2, -0.15) is 0 Å². The van der Waals surface area contributed by atoms with E-state index < -0.39 is 0 Å². The first-order valence-electron chi connectivity index (χ1n) is 8.33. The van der Waals surface area contributed by atoms with Gasteiger partial charge in [-0.3, -0.25) is 0 Å². The van der Waals surface area contributed by atoms with Gasteiger partial charge in [0.25, 0.3) is 0 Å². The molecule has 0 aliphatic rings. The summed E-state index contributed by atoms with van der Waals surface area (Å²) in [4.78, 5) is 0. The fourth-order valence-corrected chi connectivity index (χ4v) is 0.354. The van der Waals surface area contributed by atoms with Gasteiger partial charge in [0.1, 0.15) is 0 Å². The molecule has 0 N–H and O–H groups in total. The quantitative estimate of drug-likeness (QED) is 0.474. The Hall–Kier alpha value is 0. The molecule has 114 valence electrons. The number of unbranched alkanes of at least 4 members (excludes halogenated alkanes) is 3. The molecule has 17 heavy (non-hydrogen) atoms. The molecular formula is C17H46. The second-order valence-corrected chi connectivity index (χ2v) is 2.35. The summed E-state index contributed by atoms with van der Waals surface area (Å²) >= 11 is 0. The minimum atomic E-state index is 1.32. The number of rotatable bonds is 3. The summed E-state index contributed by atoms with van der Waals surface area (Å²) in [6.45, 7) is 24.8.